The maximum absolute atomic E-state index is 13.4. The van der Waals surface area contributed by atoms with Crippen molar-refractivity contribution in [3.63, 3.8) is 0 Å². The van der Waals surface area contributed by atoms with E-state index in [0.29, 0.717) is 15.9 Å². The lowest BCUT2D eigenvalue weighted by atomic mass is 10.00. The van der Waals surface area contributed by atoms with E-state index in [4.69, 9.17) is 17.3 Å². The second-order valence-electron chi connectivity index (χ2n) is 4.20. The normalized spacial score (nSPS) is 12.5. The minimum absolute atomic E-state index is 0.216. The van der Waals surface area contributed by atoms with Crippen LogP contribution in [-0.4, -0.2) is 0 Å². The molecule has 0 aliphatic heterocycles. The van der Waals surface area contributed by atoms with Gasteiger partial charge in [0.1, 0.15) is 5.82 Å². The topological polar surface area (TPSA) is 26.0 Å². The molecule has 0 aliphatic carbocycles. The Morgan fingerprint density at radius 2 is 1.95 bits per heavy atom. The van der Waals surface area contributed by atoms with Crippen molar-refractivity contribution in [1.29, 1.82) is 0 Å². The highest BCUT2D eigenvalue weighted by atomic mass is 79.9. The van der Waals surface area contributed by atoms with Gasteiger partial charge in [-0.1, -0.05) is 29.8 Å². The molecule has 5 heteroatoms. The molecule has 1 atom stereocenters. The van der Waals surface area contributed by atoms with Gasteiger partial charge >= 0.3 is 0 Å². The third kappa shape index (κ3) is 3.57. The van der Waals surface area contributed by atoms with Crippen LogP contribution in [0.3, 0.4) is 0 Å². The van der Waals surface area contributed by atoms with Crippen LogP contribution in [0, 0.1) is 5.82 Å². The van der Waals surface area contributed by atoms with Crippen molar-refractivity contribution in [3.05, 3.63) is 67.3 Å². The summed E-state index contributed by atoms with van der Waals surface area (Å²) in [5, 5.41) is 0.642. The Bertz CT molecular complexity index is 604. The van der Waals surface area contributed by atoms with Crippen molar-refractivity contribution in [2.75, 3.05) is 0 Å². The van der Waals surface area contributed by atoms with E-state index >= 15 is 0 Å². The van der Waals surface area contributed by atoms with Crippen LogP contribution in [0.25, 0.3) is 0 Å². The third-order valence-corrected chi connectivity index (χ3v) is 4.95. The third-order valence-electron chi connectivity index (χ3n) is 2.84. The van der Waals surface area contributed by atoms with Gasteiger partial charge in [0.05, 0.1) is 9.50 Å². The molecule has 0 aromatic heterocycles. The predicted molar refractivity (Wildman–Crippen MR) is 83.9 cm³/mol. The zero-order valence-corrected chi connectivity index (χ0v) is 13.8. The molecule has 2 N–H and O–H groups in total. The number of nitrogens with two attached hydrogens (primary N) is 1. The number of rotatable bonds is 3. The largest absolute Gasteiger partial charge is 0.324 e. The standard InChI is InChI=1S/C14H11Br2ClFN/c15-10-6-8(4-5-11(10)17)13(19)7-9-2-1-3-12(18)14(9)16/h1-6,13H,7,19H2. The van der Waals surface area contributed by atoms with Gasteiger partial charge in [0, 0.05) is 10.5 Å². The highest BCUT2D eigenvalue weighted by Crippen LogP contribution is 2.28. The number of halogens is 4. The Kier molecular flexibility index (Phi) is 5.01. The van der Waals surface area contributed by atoms with Crippen LogP contribution in [-0.2, 0) is 6.42 Å². The molecule has 0 spiro atoms. The lowest BCUT2D eigenvalue weighted by Crippen LogP contribution is -2.13. The van der Waals surface area contributed by atoms with Crippen LogP contribution in [0.5, 0.6) is 0 Å². The molecule has 19 heavy (non-hydrogen) atoms. The summed E-state index contributed by atoms with van der Waals surface area (Å²) in [6.07, 6.45) is 0.548. The van der Waals surface area contributed by atoms with Gasteiger partial charge in [-0.15, -0.1) is 0 Å². The summed E-state index contributed by atoms with van der Waals surface area (Å²) < 4.78 is 14.7. The molecule has 2 aromatic rings. The summed E-state index contributed by atoms with van der Waals surface area (Å²) >= 11 is 12.6. The molecule has 2 rings (SSSR count). The van der Waals surface area contributed by atoms with Crippen molar-refractivity contribution >= 4 is 43.5 Å². The molecule has 0 radical (unpaired) electrons. The van der Waals surface area contributed by atoms with Crippen LogP contribution in [0.2, 0.25) is 5.02 Å². The second-order valence-corrected chi connectivity index (χ2v) is 6.25. The summed E-state index contributed by atoms with van der Waals surface area (Å²) in [5.74, 6) is -0.276. The fourth-order valence-corrected chi connectivity index (χ4v) is 2.74. The minimum atomic E-state index is -0.276. The molecular weight excluding hydrogens is 396 g/mol. The van der Waals surface area contributed by atoms with Crippen LogP contribution in [0.4, 0.5) is 4.39 Å². The summed E-state index contributed by atoms with van der Waals surface area (Å²) in [7, 11) is 0. The summed E-state index contributed by atoms with van der Waals surface area (Å²) in [4.78, 5) is 0. The fourth-order valence-electron chi connectivity index (χ4n) is 1.80. The SMILES string of the molecule is NC(Cc1cccc(F)c1Br)c1ccc(Cl)c(Br)c1. The molecule has 0 heterocycles. The maximum atomic E-state index is 13.4. The zero-order valence-electron chi connectivity index (χ0n) is 9.84. The Morgan fingerprint density at radius 1 is 1.21 bits per heavy atom. The first-order chi connectivity index (χ1) is 8.99. The average Bonchev–Trinajstić information content (AvgIpc) is 2.38. The first-order valence-corrected chi connectivity index (χ1v) is 7.59. The molecule has 2 aromatic carbocycles. The Balaban J connectivity index is 2.23. The monoisotopic (exact) mass is 405 g/mol. The van der Waals surface area contributed by atoms with Crippen molar-refractivity contribution in [2.24, 2.45) is 5.73 Å². The highest BCUT2D eigenvalue weighted by Gasteiger charge is 2.12. The van der Waals surface area contributed by atoms with Crippen molar-refractivity contribution < 1.29 is 4.39 Å². The van der Waals surface area contributed by atoms with Gasteiger partial charge in [0.2, 0.25) is 0 Å². The number of benzene rings is 2. The van der Waals surface area contributed by atoms with Crippen LogP contribution >= 0.6 is 43.5 Å². The average molecular weight is 408 g/mol. The highest BCUT2D eigenvalue weighted by molar-refractivity contribution is 9.10. The van der Waals surface area contributed by atoms with E-state index in [1.807, 2.05) is 18.2 Å². The first kappa shape index (κ1) is 15.0. The Morgan fingerprint density at radius 3 is 2.63 bits per heavy atom. The molecule has 0 saturated carbocycles. The molecule has 0 fully saturated rings. The van der Waals surface area contributed by atoms with Gasteiger partial charge in [0.15, 0.2) is 0 Å². The smallest absolute Gasteiger partial charge is 0.137 e. The van der Waals surface area contributed by atoms with Gasteiger partial charge in [-0.05, 0) is 67.6 Å². The Labute approximate surface area is 133 Å². The van der Waals surface area contributed by atoms with E-state index in [1.54, 1.807) is 12.1 Å². The second kappa shape index (κ2) is 6.35. The quantitative estimate of drug-likeness (QED) is 0.739. The zero-order chi connectivity index (χ0) is 14.0. The lowest BCUT2D eigenvalue weighted by Gasteiger charge is -2.14. The van der Waals surface area contributed by atoms with Gasteiger partial charge in [-0.2, -0.15) is 0 Å². The molecule has 1 unspecified atom stereocenters. The van der Waals surface area contributed by atoms with Gasteiger partial charge in [-0.3, -0.25) is 0 Å². The van der Waals surface area contributed by atoms with E-state index < -0.39 is 0 Å². The first-order valence-electron chi connectivity index (χ1n) is 5.62. The van der Waals surface area contributed by atoms with Crippen molar-refractivity contribution in [3.8, 4) is 0 Å². The van der Waals surface area contributed by atoms with E-state index in [2.05, 4.69) is 31.9 Å². The van der Waals surface area contributed by atoms with Crippen LogP contribution < -0.4 is 5.73 Å². The van der Waals surface area contributed by atoms with Gasteiger partial charge < -0.3 is 5.73 Å². The summed E-state index contributed by atoms with van der Waals surface area (Å²) in [6.45, 7) is 0. The van der Waals surface area contributed by atoms with Gasteiger partial charge in [0.25, 0.3) is 0 Å². The van der Waals surface area contributed by atoms with Crippen molar-refractivity contribution in [2.45, 2.75) is 12.5 Å². The lowest BCUT2D eigenvalue weighted by molar-refractivity contribution is 0.614. The maximum Gasteiger partial charge on any atom is 0.137 e. The van der Waals surface area contributed by atoms with E-state index in [-0.39, 0.29) is 11.9 Å². The molecule has 0 bridgehead atoms. The molecular formula is C14H11Br2ClFN. The van der Waals surface area contributed by atoms with Crippen molar-refractivity contribution in [1.82, 2.24) is 0 Å². The van der Waals surface area contributed by atoms with Crippen LogP contribution in [0.15, 0.2) is 45.3 Å². The molecule has 1 nitrogen and oxygen atoms in total. The number of hydrogen-bond donors (Lipinski definition) is 1. The fraction of sp³-hybridized carbons (Fsp3) is 0.143. The summed E-state index contributed by atoms with van der Waals surface area (Å²) in [5.41, 5.74) is 7.95. The van der Waals surface area contributed by atoms with Gasteiger partial charge in [-0.25, -0.2) is 4.39 Å². The Hall–Kier alpha value is -0.420. The van der Waals surface area contributed by atoms with Crippen LogP contribution in [0.1, 0.15) is 17.2 Å². The molecule has 0 saturated heterocycles. The minimum Gasteiger partial charge on any atom is -0.324 e. The number of hydrogen-bond acceptors (Lipinski definition) is 1. The van der Waals surface area contributed by atoms with E-state index in [0.717, 1.165) is 15.6 Å². The molecule has 0 amide bonds. The molecule has 100 valence electrons. The summed E-state index contributed by atoms with van der Waals surface area (Å²) in [6, 6.07) is 10.3. The van der Waals surface area contributed by atoms with E-state index in [9.17, 15) is 4.39 Å². The predicted octanol–water partition coefficient (Wildman–Crippen LogP) is 5.25. The molecule has 0 aliphatic rings. The van der Waals surface area contributed by atoms with E-state index in [1.165, 1.54) is 6.07 Å².